The van der Waals surface area contributed by atoms with Gasteiger partial charge in [0, 0.05) is 24.3 Å². The highest BCUT2D eigenvalue weighted by Gasteiger charge is 2.16. The van der Waals surface area contributed by atoms with Crippen LogP contribution >= 0.6 is 11.3 Å². The summed E-state index contributed by atoms with van der Waals surface area (Å²) in [6, 6.07) is 0.598. The summed E-state index contributed by atoms with van der Waals surface area (Å²) in [7, 11) is 0. The first-order valence-corrected chi connectivity index (χ1v) is 6.28. The van der Waals surface area contributed by atoms with Crippen LogP contribution in [0.25, 0.3) is 0 Å². The van der Waals surface area contributed by atoms with Gasteiger partial charge in [0.1, 0.15) is 5.78 Å². The second-order valence-electron chi connectivity index (χ2n) is 4.11. The lowest BCUT2D eigenvalue weighted by atomic mass is 10.2. The lowest BCUT2D eigenvalue weighted by Gasteiger charge is -2.06. The number of Topliss-reactive ketones (excluding diaryl/α,β-unsaturated/α-hetero) is 1. The minimum absolute atomic E-state index is 0.186. The maximum atomic E-state index is 10.9. The Hall–Kier alpha value is -0.740. The molecule has 82 valence electrons. The van der Waals surface area contributed by atoms with Gasteiger partial charge in [-0.1, -0.05) is 0 Å². The van der Waals surface area contributed by atoms with Gasteiger partial charge in [0.15, 0.2) is 0 Å². The summed E-state index contributed by atoms with van der Waals surface area (Å²) >= 11 is 1.68. The predicted molar refractivity (Wildman–Crippen MR) is 61.2 cm³/mol. The van der Waals surface area contributed by atoms with E-state index >= 15 is 0 Å². The third-order valence-corrected chi connectivity index (χ3v) is 3.53. The van der Waals surface area contributed by atoms with Gasteiger partial charge in [0.05, 0.1) is 10.7 Å². The second-order valence-corrected chi connectivity index (χ2v) is 5.05. The van der Waals surface area contributed by atoms with Crippen LogP contribution in [0.3, 0.4) is 0 Å². The fourth-order valence-electron chi connectivity index (χ4n) is 1.92. The topological polar surface area (TPSA) is 42.0 Å². The molecule has 0 amide bonds. The maximum absolute atomic E-state index is 10.9. The molecule has 1 aliphatic heterocycles. The van der Waals surface area contributed by atoms with Crippen molar-refractivity contribution in [1.82, 2.24) is 10.3 Å². The van der Waals surface area contributed by atoms with E-state index in [-0.39, 0.29) is 5.78 Å². The number of rotatable bonds is 4. The fourth-order valence-corrected chi connectivity index (χ4v) is 2.80. The number of nitrogens with zero attached hydrogens (tertiary/aromatic N) is 1. The number of nitrogens with one attached hydrogen (secondary N) is 1. The summed E-state index contributed by atoms with van der Waals surface area (Å²) in [5.74, 6) is 0.186. The number of thiazole rings is 1. The van der Waals surface area contributed by atoms with Gasteiger partial charge in [-0.05, 0) is 26.3 Å². The van der Waals surface area contributed by atoms with Crippen LogP contribution in [0.4, 0.5) is 0 Å². The van der Waals surface area contributed by atoms with Crippen LogP contribution in [-0.4, -0.2) is 23.4 Å². The SMILES string of the molecule is CC(=O)Cc1csc(CC2CCCN2)n1. The Balaban J connectivity index is 1.91. The van der Waals surface area contributed by atoms with E-state index in [1.54, 1.807) is 18.3 Å². The van der Waals surface area contributed by atoms with E-state index in [2.05, 4.69) is 10.3 Å². The van der Waals surface area contributed by atoms with E-state index in [1.165, 1.54) is 12.8 Å². The Bertz CT molecular complexity index is 342. The summed E-state index contributed by atoms with van der Waals surface area (Å²) in [5, 5.41) is 6.62. The molecule has 1 aliphatic rings. The first-order chi connectivity index (χ1) is 7.24. The van der Waals surface area contributed by atoms with Gasteiger partial charge in [-0.3, -0.25) is 4.79 Å². The molecule has 4 heteroatoms. The lowest BCUT2D eigenvalue weighted by Crippen LogP contribution is -2.23. The van der Waals surface area contributed by atoms with Crippen molar-refractivity contribution >= 4 is 17.1 Å². The number of hydrogen-bond acceptors (Lipinski definition) is 4. The molecular formula is C11H16N2OS. The zero-order valence-electron chi connectivity index (χ0n) is 8.95. The molecule has 1 atom stereocenters. The van der Waals surface area contributed by atoms with Crippen molar-refractivity contribution in [2.45, 2.75) is 38.6 Å². The minimum Gasteiger partial charge on any atom is -0.314 e. The van der Waals surface area contributed by atoms with Crippen molar-refractivity contribution in [3.8, 4) is 0 Å². The first kappa shape index (κ1) is 10.8. The van der Waals surface area contributed by atoms with E-state index in [4.69, 9.17) is 0 Å². The molecule has 1 N–H and O–H groups in total. The second kappa shape index (κ2) is 4.86. The van der Waals surface area contributed by atoms with Crippen molar-refractivity contribution in [2.75, 3.05) is 6.54 Å². The zero-order valence-corrected chi connectivity index (χ0v) is 9.77. The van der Waals surface area contributed by atoms with E-state index in [0.717, 1.165) is 23.7 Å². The molecular weight excluding hydrogens is 208 g/mol. The van der Waals surface area contributed by atoms with Crippen molar-refractivity contribution < 1.29 is 4.79 Å². The molecule has 0 spiro atoms. The molecule has 0 radical (unpaired) electrons. The average molecular weight is 224 g/mol. The van der Waals surface area contributed by atoms with Crippen molar-refractivity contribution in [2.24, 2.45) is 0 Å². The third kappa shape index (κ3) is 3.11. The van der Waals surface area contributed by atoms with Gasteiger partial charge in [-0.25, -0.2) is 4.98 Å². The molecule has 1 aromatic rings. The summed E-state index contributed by atoms with van der Waals surface area (Å²) < 4.78 is 0. The van der Waals surface area contributed by atoms with E-state index in [1.807, 2.05) is 5.38 Å². The third-order valence-electron chi connectivity index (χ3n) is 2.61. The van der Waals surface area contributed by atoms with Crippen LogP contribution in [0.15, 0.2) is 5.38 Å². The quantitative estimate of drug-likeness (QED) is 0.844. The van der Waals surface area contributed by atoms with Crippen molar-refractivity contribution in [3.05, 3.63) is 16.1 Å². The van der Waals surface area contributed by atoms with Gasteiger partial charge in [0.25, 0.3) is 0 Å². The Labute approximate surface area is 93.9 Å². The van der Waals surface area contributed by atoms with Crippen LogP contribution in [0, 0.1) is 0 Å². The first-order valence-electron chi connectivity index (χ1n) is 5.40. The van der Waals surface area contributed by atoms with Crippen LogP contribution in [0.2, 0.25) is 0 Å². The molecule has 0 aliphatic carbocycles. The van der Waals surface area contributed by atoms with Gasteiger partial charge in [-0.15, -0.1) is 11.3 Å². The largest absolute Gasteiger partial charge is 0.314 e. The van der Waals surface area contributed by atoms with Crippen molar-refractivity contribution in [3.63, 3.8) is 0 Å². The van der Waals surface area contributed by atoms with Gasteiger partial charge in [-0.2, -0.15) is 0 Å². The molecule has 1 saturated heterocycles. The smallest absolute Gasteiger partial charge is 0.135 e. The van der Waals surface area contributed by atoms with Gasteiger partial charge >= 0.3 is 0 Å². The van der Waals surface area contributed by atoms with Crippen LogP contribution in [0.5, 0.6) is 0 Å². The minimum atomic E-state index is 0.186. The summed E-state index contributed by atoms with van der Waals surface area (Å²) in [5.41, 5.74) is 0.931. The lowest BCUT2D eigenvalue weighted by molar-refractivity contribution is -0.116. The Morgan fingerprint density at radius 1 is 1.73 bits per heavy atom. The van der Waals surface area contributed by atoms with Crippen molar-refractivity contribution in [1.29, 1.82) is 0 Å². The number of carbonyl (C=O) groups is 1. The molecule has 2 heterocycles. The van der Waals surface area contributed by atoms with Crippen LogP contribution in [0.1, 0.15) is 30.5 Å². The number of hydrogen-bond donors (Lipinski definition) is 1. The molecule has 1 fully saturated rings. The summed E-state index contributed by atoms with van der Waals surface area (Å²) in [6.07, 6.45) is 4.02. The van der Waals surface area contributed by atoms with Gasteiger partial charge < -0.3 is 5.32 Å². The monoisotopic (exact) mass is 224 g/mol. The molecule has 0 bridgehead atoms. The fraction of sp³-hybridized carbons (Fsp3) is 0.636. The van der Waals surface area contributed by atoms with Crippen LogP contribution in [-0.2, 0) is 17.6 Å². The normalized spacial score (nSPS) is 20.7. The molecule has 3 nitrogen and oxygen atoms in total. The zero-order chi connectivity index (χ0) is 10.7. The number of ketones is 1. The molecule has 1 aromatic heterocycles. The maximum Gasteiger partial charge on any atom is 0.135 e. The summed E-state index contributed by atoms with van der Waals surface area (Å²) in [4.78, 5) is 15.4. The standard InChI is InChI=1S/C11H16N2OS/c1-8(14)5-10-7-15-11(13-10)6-9-3-2-4-12-9/h7,9,12H,2-6H2,1H3. The molecule has 15 heavy (non-hydrogen) atoms. The van der Waals surface area contributed by atoms with E-state index in [0.29, 0.717) is 12.5 Å². The van der Waals surface area contributed by atoms with E-state index in [9.17, 15) is 4.79 Å². The average Bonchev–Trinajstić information content (AvgIpc) is 2.77. The number of aromatic nitrogens is 1. The Morgan fingerprint density at radius 2 is 2.60 bits per heavy atom. The molecule has 1 unspecified atom stereocenters. The highest BCUT2D eigenvalue weighted by molar-refractivity contribution is 7.09. The Kier molecular flexibility index (Phi) is 3.49. The highest BCUT2D eigenvalue weighted by Crippen LogP contribution is 2.16. The predicted octanol–water partition coefficient (Wildman–Crippen LogP) is 1.57. The van der Waals surface area contributed by atoms with Gasteiger partial charge in [0.2, 0.25) is 0 Å². The summed E-state index contributed by atoms with van der Waals surface area (Å²) in [6.45, 7) is 2.74. The molecule has 0 aromatic carbocycles. The molecule has 2 rings (SSSR count). The van der Waals surface area contributed by atoms with E-state index < -0.39 is 0 Å². The van der Waals surface area contributed by atoms with Crippen LogP contribution < -0.4 is 5.32 Å². The Morgan fingerprint density at radius 3 is 3.27 bits per heavy atom. The number of carbonyl (C=O) groups excluding carboxylic acids is 1. The molecule has 0 saturated carbocycles. The highest BCUT2D eigenvalue weighted by atomic mass is 32.1.